The lowest BCUT2D eigenvalue weighted by Gasteiger charge is -2.09. The van der Waals surface area contributed by atoms with Gasteiger partial charge in [0.1, 0.15) is 11.9 Å². The molecule has 0 N–H and O–H groups in total. The first-order valence-corrected chi connectivity index (χ1v) is 4.51. The van der Waals surface area contributed by atoms with Crippen molar-refractivity contribution >= 4 is 0 Å². The van der Waals surface area contributed by atoms with Gasteiger partial charge in [0, 0.05) is 6.07 Å². The monoisotopic (exact) mass is 224 g/mol. The van der Waals surface area contributed by atoms with E-state index < -0.39 is 6.61 Å². The van der Waals surface area contributed by atoms with Crippen LogP contribution in [0.2, 0.25) is 0 Å². The SMILES string of the molecule is Cc1ccc(-n2c[c]nn2)cc1OC(F)F. The number of benzene rings is 1. The van der Waals surface area contributed by atoms with Crippen molar-refractivity contribution in [3.8, 4) is 11.4 Å². The summed E-state index contributed by atoms with van der Waals surface area (Å²) >= 11 is 0. The highest BCUT2D eigenvalue weighted by molar-refractivity contribution is 5.43. The van der Waals surface area contributed by atoms with Crippen LogP contribution in [0.5, 0.6) is 5.75 Å². The maximum Gasteiger partial charge on any atom is 0.387 e. The lowest BCUT2D eigenvalue weighted by molar-refractivity contribution is -0.0502. The van der Waals surface area contributed by atoms with Gasteiger partial charge in [-0.3, -0.25) is 0 Å². The van der Waals surface area contributed by atoms with Gasteiger partial charge < -0.3 is 4.74 Å². The van der Waals surface area contributed by atoms with E-state index >= 15 is 0 Å². The van der Waals surface area contributed by atoms with Crippen LogP contribution >= 0.6 is 0 Å². The van der Waals surface area contributed by atoms with Crippen molar-refractivity contribution in [1.82, 2.24) is 15.0 Å². The molecule has 0 aliphatic carbocycles. The Bertz CT molecular complexity index is 471. The van der Waals surface area contributed by atoms with Crippen molar-refractivity contribution in [2.24, 2.45) is 0 Å². The Morgan fingerprint density at radius 2 is 2.25 bits per heavy atom. The van der Waals surface area contributed by atoms with Gasteiger partial charge in [-0.05, 0) is 18.6 Å². The molecule has 0 bridgehead atoms. The molecule has 0 saturated heterocycles. The predicted molar refractivity (Wildman–Crippen MR) is 51.6 cm³/mol. The van der Waals surface area contributed by atoms with Crippen LogP contribution in [0.25, 0.3) is 5.69 Å². The Morgan fingerprint density at radius 3 is 2.88 bits per heavy atom. The molecule has 6 heteroatoms. The zero-order valence-corrected chi connectivity index (χ0v) is 8.39. The standard InChI is InChI=1S/C10H8F2N3O/c1-7-2-3-8(15-5-4-13-14-15)6-9(7)16-10(11)12/h2-3,5-6,10H,1H3. The number of halogens is 2. The fourth-order valence-corrected chi connectivity index (χ4v) is 1.26. The van der Waals surface area contributed by atoms with Crippen LogP contribution in [-0.4, -0.2) is 21.6 Å². The van der Waals surface area contributed by atoms with Gasteiger partial charge in [0.15, 0.2) is 0 Å². The highest BCUT2D eigenvalue weighted by Gasteiger charge is 2.09. The minimum Gasteiger partial charge on any atom is -0.434 e. The molecule has 0 unspecified atom stereocenters. The Balaban J connectivity index is 2.36. The van der Waals surface area contributed by atoms with Crippen molar-refractivity contribution < 1.29 is 13.5 Å². The first kappa shape index (κ1) is 10.5. The van der Waals surface area contributed by atoms with Crippen molar-refractivity contribution in [3.05, 3.63) is 36.2 Å². The van der Waals surface area contributed by atoms with E-state index in [4.69, 9.17) is 0 Å². The van der Waals surface area contributed by atoms with Crippen molar-refractivity contribution in [1.29, 1.82) is 0 Å². The second-order valence-electron chi connectivity index (χ2n) is 3.12. The van der Waals surface area contributed by atoms with Crippen LogP contribution < -0.4 is 4.74 Å². The van der Waals surface area contributed by atoms with E-state index in [-0.39, 0.29) is 5.75 Å². The number of aromatic nitrogens is 3. The van der Waals surface area contributed by atoms with Crippen LogP contribution in [0.1, 0.15) is 5.56 Å². The van der Waals surface area contributed by atoms with Gasteiger partial charge in [-0.2, -0.15) is 8.78 Å². The second-order valence-corrected chi connectivity index (χ2v) is 3.12. The minimum absolute atomic E-state index is 0.128. The van der Waals surface area contributed by atoms with Crippen LogP contribution in [0, 0.1) is 13.1 Å². The number of rotatable bonds is 3. The van der Waals surface area contributed by atoms with Gasteiger partial charge in [0.2, 0.25) is 0 Å². The third-order valence-electron chi connectivity index (χ3n) is 2.03. The number of aryl methyl sites for hydroxylation is 1. The molecular weight excluding hydrogens is 216 g/mol. The molecular formula is C10H8F2N3O. The third-order valence-corrected chi connectivity index (χ3v) is 2.03. The molecule has 0 atom stereocenters. The molecule has 1 aromatic heterocycles. The molecule has 83 valence electrons. The quantitative estimate of drug-likeness (QED) is 0.800. The molecule has 0 amide bonds. The van der Waals surface area contributed by atoms with Crippen LogP contribution in [-0.2, 0) is 0 Å². The van der Waals surface area contributed by atoms with E-state index in [1.165, 1.54) is 16.9 Å². The molecule has 0 aliphatic rings. The van der Waals surface area contributed by atoms with Gasteiger partial charge in [-0.1, -0.05) is 11.3 Å². The molecule has 2 rings (SSSR count). The van der Waals surface area contributed by atoms with Gasteiger partial charge in [0.05, 0.1) is 11.9 Å². The van der Waals surface area contributed by atoms with Gasteiger partial charge in [0.25, 0.3) is 0 Å². The average Bonchev–Trinajstić information content (AvgIpc) is 2.73. The van der Waals surface area contributed by atoms with E-state index in [0.29, 0.717) is 11.3 Å². The van der Waals surface area contributed by atoms with Crippen LogP contribution in [0.3, 0.4) is 0 Å². The van der Waals surface area contributed by atoms with Crippen molar-refractivity contribution in [3.63, 3.8) is 0 Å². The van der Waals surface area contributed by atoms with E-state index in [1.54, 1.807) is 19.1 Å². The fourth-order valence-electron chi connectivity index (χ4n) is 1.26. The summed E-state index contributed by atoms with van der Waals surface area (Å²) in [6.45, 7) is -1.15. The Hall–Kier alpha value is -1.98. The zero-order valence-electron chi connectivity index (χ0n) is 8.39. The first-order chi connectivity index (χ1) is 7.66. The summed E-state index contributed by atoms with van der Waals surface area (Å²) in [5.41, 5.74) is 1.23. The predicted octanol–water partition coefficient (Wildman–Crippen LogP) is 1.98. The molecule has 4 nitrogen and oxygen atoms in total. The summed E-state index contributed by atoms with van der Waals surface area (Å²) in [5.74, 6) is 0.128. The number of hydrogen-bond donors (Lipinski definition) is 0. The summed E-state index contributed by atoms with van der Waals surface area (Å²) in [7, 11) is 0. The number of hydrogen-bond acceptors (Lipinski definition) is 3. The topological polar surface area (TPSA) is 39.9 Å². The summed E-state index contributed by atoms with van der Waals surface area (Å²) in [6.07, 6.45) is 4.01. The van der Waals surface area contributed by atoms with E-state index in [9.17, 15) is 8.78 Å². The minimum atomic E-state index is -2.84. The highest BCUT2D eigenvalue weighted by atomic mass is 19.3. The van der Waals surface area contributed by atoms with Crippen molar-refractivity contribution in [2.75, 3.05) is 0 Å². The maximum absolute atomic E-state index is 12.1. The molecule has 1 aromatic carbocycles. The zero-order chi connectivity index (χ0) is 11.5. The summed E-state index contributed by atoms with van der Waals surface area (Å²) < 4.78 is 30.0. The Labute approximate surface area is 90.5 Å². The van der Waals surface area contributed by atoms with Gasteiger partial charge in [-0.15, -0.1) is 5.10 Å². The van der Waals surface area contributed by atoms with E-state index in [2.05, 4.69) is 21.2 Å². The average molecular weight is 224 g/mol. The lowest BCUT2D eigenvalue weighted by Crippen LogP contribution is -2.04. The summed E-state index contributed by atoms with van der Waals surface area (Å²) in [6, 6.07) is 4.88. The van der Waals surface area contributed by atoms with E-state index in [1.807, 2.05) is 0 Å². The molecule has 0 spiro atoms. The largest absolute Gasteiger partial charge is 0.434 e. The number of ether oxygens (including phenoxy) is 1. The molecule has 1 radical (unpaired) electrons. The van der Waals surface area contributed by atoms with E-state index in [0.717, 1.165) is 0 Å². The third kappa shape index (κ3) is 2.16. The fraction of sp³-hybridized carbons (Fsp3) is 0.200. The molecule has 0 fully saturated rings. The number of alkyl halides is 2. The Morgan fingerprint density at radius 1 is 1.44 bits per heavy atom. The Kier molecular flexibility index (Phi) is 2.80. The molecule has 16 heavy (non-hydrogen) atoms. The smallest absolute Gasteiger partial charge is 0.387 e. The summed E-state index contributed by atoms with van der Waals surface area (Å²) in [5, 5.41) is 7.22. The molecule has 1 heterocycles. The second kappa shape index (κ2) is 4.26. The van der Waals surface area contributed by atoms with Crippen molar-refractivity contribution in [2.45, 2.75) is 13.5 Å². The molecule has 0 aliphatic heterocycles. The van der Waals surface area contributed by atoms with Crippen LogP contribution in [0.15, 0.2) is 24.4 Å². The normalized spacial score (nSPS) is 10.8. The molecule has 0 saturated carbocycles. The van der Waals surface area contributed by atoms with Gasteiger partial charge >= 0.3 is 6.61 Å². The number of nitrogens with zero attached hydrogens (tertiary/aromatic N) is 3. The van der Waals surface area contributed by atoms with Gasteiger partial charge in [-0.25, -0.2) is 4.68 Å². The molecule has 2 aromatic rings. The lowest BCUT2D eigenvalue weighted by atomic mass is 10.2. The highest BCUT2D eigenvalue weighted by Crippen LogP contribution is 2.23. The van der Waals surface area contributed by atoms with Crippen LogP contribution in [0.4, 0.5) is 8.78 Å². The summed E-state index contributed by atoms with van der Waals surface area (Å²) in [4.78, 5) is 0. The maximum atomic E-state index is 12.1. The first-order valence-electron chi connectivity index (χ1n) is 4.51.